The fourth-order valence-electron chi connectivity index (χ4n) is 4.04. The number of fused-ring (bicyclic) bond motifs is 2. The molecule has 0 aliphatic carbocycles. The van der Waals surface area contributed by atoms with Gasteiger partial charge < -0.3 is 9.80 Å². The van der Waals surface area contributed by atoms with Gasteiger partial charge >= 0.3 is 0 Å². The molecule has 0 radical (unpaired) electrons. The van der Waals surface area contributed by atoms with Crippen LogP contribution in [0.2, 0.25) is 5.02 Å². The van der Waals surface area contributed by atoms with E-state index < -0.39 is 0 Å². The van der Waals surface area contributed by atoms with Crippen molar-refractivity contribution in [3.8, 4) is 0 Å². The van der Waals surface area contributed by atoms with Gasteiger partial charge in [0.05, 0.1) is 21.7 Å². The van der Waals surface area contributed by atoms with E-state index in [1.807, 2.05) is 36.4 Å². The number of pyridine rings is 1. The second-order valence-corrected chi connectivity index (χ2v) is 7.47. The summed E-state index contributed by atoms with van der Waals surface area (Å²) in [6.45, 7) is 3.52. The molecule has 140 valence electrons. The highest BCUT2D eigenvalue weighted by atomic mass is 35.5. The largest absolute Gasteiger partial charge is 0.368 e. The maximum Gasteiger partial charge on any atom is 0.123 e. The van der Waals surface area contributed by atoms with Crippen LogP contribution in [0.3, 0.4) is 0 Å². The van der Waals surface area contributed by atoms with Crippen LogP contribution in [0.4, 0.5) is 15.8 Å². The molecule has 0 amide bonds. The molecular formula is C23H19ClFN3. The van der Waals surface area contributed by atoms with E-state index >= 15 is 0 Å². The third-order valence-electron chi connectivity index (χ3n) is 5.42. The van der Waals surface area contributed by atoms with Crippen molar-refractivity contribution in [2.75, 3.05) is 36.0 Å². The molecular weight excluding hydrogens is 373 g/mol. The van der Waals surface area contributed by atoms with E-state index in [1.165, 1.54) is 17.8 Å². The standard InChI is InChI=1S/C23H19ClFN3/c24-20-6-3-5-19-22(20)26-21-7-2-1-4-18(21)23(19)28-14-12-27(13-15-28)17-10-8-16(25)9-11-17/h1-11H,12-15H2. The number of hydrogen-bond donors (Lipinski definition) is 0. The van der Waals surface area contributed by atoms with Crippen LogP contribution < -0.4 is 9.80 Å². The first-order valence-electron chi connectivity index (χ1n) is 9.43. The molecule has 1 aliphatic rings. The first-order valence-corrected chi connectivity index (χ1v) is 9.81. The molecule has 1 aliphatic heterocycles. The number of nitrogens with zero attached hydrogens (tertiary/aromatic N) is 3. The van der Waals surface area contributed by atoms with Gasteiger partial charge in [-0.1, -0.05) is 41.9 Å². The summed E-state index contributed by atoms with van der Waals surface area (Å²) in [6.07, 6.45) is 0. The van der Waals surface area contributed by atoms with Gasteiger partial charge in [-0.25, -0.2) is 9.37 Å². The van der Waals surface area contributed by atoms with Crippen LogP contribution in [0.1, 0.15) is 0 Å². The first-order chi connectivity index (χ1) is 13.7. The second kappa shape index (κ2) is 6.95. The maximum atomic E-state index is 13.2. The molecule has 0 N–H and O–H groups in total. The Kier molecular flexibility index (Phi) is 4.29. The molecule has 0 atom stereocenters. The van der Waals surface area contributed by atoms with E-state index in [1.54, 1.807) is 0 Å². The Morgan fingerprint density at radius 1 is 0.750 bits per heavy atom. The monoisotopic (exact) mass is 391 g/mol. The lowest BCUT2D eigenvalue weighted by atomic mass is 10.1. The summed E-state index contributed by atoms with van der Waals surface area (Å²) < 4.78 is 13.2. The smallest absolute Gasteiger partial charge is 0.123 e. The number of para-hydroxylation sites is 2. The average Bonchev–Trinajstić information content (AvgIpc) is 2.73. The van der Waals surface area contributed by atoms with Crippen molar-refractivity contribution in [2.45, 2.75) is 0 Å². The molecule has 1 fully saturated rings. The van der Waals surface area contributed by atoms with Crippen LogP contribution in [-0.2, 0) is 0 Å². The Hall–Kier alpha value is -2.85. The Balaban J connectivity index is 1.54. The van der Waals surface area contributed by atoms with Gasteiger partial charge in [0.25, 0.3) is 0 Å². The van der Waals surface area contributed by atoms with Crippen LogP contribution >= 0.6 is 11.6 Å². The summed E-state index contributed by atoms with van der Waals surface area (Å²) in [5.74, 6) is -0.200. The molecule has 0 unspecified atom stereocenters. The summed E-state index contributed by atoms with van der Waals surface area (Å²) in [4.78, 5) is 9.52. The van der Waals surface area contributed by atoms with E-state index in [2.05, 4.69) is 28.0 Å². The van der Waals surface area contributed by atoms with Crippen molar-refractivity contribution < 1.29 is 4.39 Å². The molecule has 3 nitrogen and oxygen atoms in total. The van der Waals surface area contributed by atoms with Gasteiger partial charge in [-0.2, -0.15) is 0 Å². The summed E-state index contributed by atoms with van der Waals surface area (Å²) in [6, 6.07) is 20.9. The Morgan fingerprint density at radius 3 is 2.21 bits per heavy atom. The molecule has 2 heterocycles. The molecule has 0 saturated carbocycles. The molecule has 5 rings (SSSR count). The summed E-state index contributed by atoms with van der Waals surface area (Å²) in [5, 5.41) is 2.91. The topological polar surface area (TPSA) is 19.4 Å². The molecule has 1 aromatic heterocycles. The highest BCUT2D eigenvalue weighted by Crippen LogP contribution is 2.37. The summed E-state index contributed by atoms with van der Waals surface area (Å²) >= 11 is 6.46. The van der Waals surface area contributed by atoms with Crippen LogP contribution in [0.5, 0.6) is 0 Å². The SMILES string of the molecule is Fc1ccc(N2CCN(c3c4ccccc4nc4c(Cl)cccc34)CC2)cc1. The number of anilines is 2. The van der Waals surface area contributed by atoms with Crippen molar-refractivity contribution in [1.82, 2.24) is 4.98 Å². The van der Waals surface area contributed by atoms with Gasteiger partial charge in [-0.05, 0) is 36.4 Å². The van der Waals surface area contributed by atoms with E-state index in [0.717, 1.165) is 53.7 Å². The number of rotatable bonds is 2. The lowest BCUT2D eigenvalue weighted by Crippen LogP contribution is -2.46. The zero-order chi connectivity index (χ0) is 19.1. The van der Waals surface area contributed by atoms with Crippen molar-refractivity contribution in [2.24, 2.45) is 0 Å². The van der Waals surface area contributed by atoms with Gasteiger partial charge in [-0.3, -0.25) is 0 Å². The Bertz CT molecular complexity index is 1150. The average molecular weight is 392 g/mol. The molecule has 5 heteroatoms. The van der Waals surface area contributed by atoms with Crippen LogP contribution in [0.25, 0.3) is 21.8 Å². The van der Waals surface area contributed by atoms with Gasteiger partial charge in [-0.15, -0.1) is 0 Å². The van der Waals surface area contributed by atoms with Crippen molar-refractivity contribution >= 4 is 44.8 Å². The van der Waals surface area contributed by atoms with Gasteiger partial charge in [0, 0.05) is 42.6 Å². The van der Waals surface area contributed by atoms with E-state index in [9.17, 15) is 4.39 Å². The molecule has 0 bridgehead atoms. The molecule has 4 aromatic rings. The van der Waals surface area contributed by atoms with Gasteiger partial charge in [0.2, 0.25) is 0 Å². The highest BCUT2D eigenvalue weighted by Gasteiger charge is 2.22. The second-order valence-electron chi connectivity index (χ2n) is 7.06. The summed E-state index contributed by atoms with van der Waals surface area (Å²) in [5.41, 5.74) is 4.06. The van der Waals surface area contributed by atoms with Crippen molar-refractivity contribution in [3.63, 3.8) is 0 Å². The van der Waals surface area contributed by atoms with Crippen molar-refractivity contribution in [1.29, 1.82) is 0 Å². The number of benzene rings is 3. The number of hydrogen-bond acceptors (Lipinski definition) is 3. The lowest BCUT2D eigenvalue weighted by Gasteiger charge is -2.38. The lowest BCUT2D eigenvalue weighted by molar-refractivity contribution is 0.625. The van der Waals surface area contributed by atoms with Gasteiger partial charge in [0.1, 0.15) is 5.82 Å². The number of aromatic nitrogens is 1. The van der Waals surface area contributed by atoms with Crippen LogP contribution in [0, 0.1) is 5.82 Å². The zero-order valence-electron chi connectivity index (χ0n) is 15.3. The third-order valence-corrected chi connectivity index (χ3v) is 5.73. The van der Waals surface area contributed by atoms with Crippen LogP contribution in [0.15, 0.2) is 66.7 Å². The van der Waals surface area contributed by atoms with Crippen molar-refractivity contribution in [3.05, 3.63) is 77.6 Å². The normalized spacial score (nSPS) is 14.8. The minimum atomic E-state index is -0.200. The Morgan fingerprint density at radius 2 is 1.43 bits per heavy atom. The number of halogens is 2. The minimum Gasteiger partial charge on any atom is -0.368 e. The van der Waals surface area contributed by atoms with E-state index in [0.29, 0.717) is 5.02 Å². The van der Waals surface area contributed by atoms with E-state index in [4.69, 9.17) is 16.6 Å². The summed E-state index contributed by atoms with van der Waals surface area (Å²) in [7, 11) is 0. The molecule has 0 spiro atoms. The highest BCUT2D eigenvalue weighted by molar-refractivity contribution is 6.36. The molecule has 28 heavy (non-hydrogen) atoms. The minimum absolute atomic E-state index is 0.200. The fourth-order valence-corrected chi connectivity index (χ4v) is 4.25. The van der Waals surface area contributed by atoms with E-state index in [-0.39, 0.29) is 5.82 Å². The third kappa shape index (κ3) is 2.94. The first kappa shape index (κ1) is 17.3. The van der Waals surface area contributed by atoms with Gasteiger partial charge in [0.15, 0.2) is 0 Å². The fraction of sp³-hybridized carbons (Fsp3) is 0.174. The quantitative estimate of drug-likeness (QED) is 0.420. The molecule has 1 saturated heterocycles. The zero-order valence-corrected chi connectivity index (χ0v) is 16.0. The number of piperazine rings is 1. The Labute approximate surface area is 168 Å². The predicted molar refractivity (Wildman–Crippen MR) is 115 cm³/mol. The molecule has 3 aromatic carbocycles. The maximum absolute atomic E-state index is 13.2. The predicted octanol–water partition coefficient (Wildman–Crippen LogP) is 5.51. The van der Waals surface area contributed by atoms with Crippen LogP contribution in [-0.4, -0.2) is 31.2 Å².